The Kier molecular flexibility index (Phi) is 3.80. The van der Waals surface area contributed by atoms with Crippen LogP contribution >= 0.6 is 0 Å². The highest BCUT2D eigenvalue weighted by Gasteiger charge is 2.21. The van der Waals surface area contributed by atoms with Gasteiger partial charge in [0.25, 0.3) is 0 Å². The van der Waals surface area contributed by atoms with Gasteiger partial charge in [0, 0.05) is 18.9 Å². The van der Waals surface area contributed by atoms with E-state index >= 15 is 0 Å². The van der Waals surface area contributed by atoms with Crippen molar-refractivity contribution in [2.24, 2.45) is 5.73 Å². The summed E-state index contributed by atoms with van der Waals surface area (Å²) in [5.41, 5.74) is 6.75. The molecule has 0 aromatic carbocycles. The molecule has 0 radical (unpaired) electrons. The van der Waals surface area contributed by atoms with E-state index in [1.165, 1.54) is 0 Å². The number of pyridine rings is 1. The molecule has 14 heavy (non-hydrogen) atoms. The molecule has 0 aliphatic carbocycles. The van der Waals surface area contributed by atoms with Crippen molar-refractivity contribution in [3.05, 3.63) is 30.1 Å². The number of hydrogen-bond donors (Lipinski definition) is 1. The largest absolute Gasteiger partial charge is 0.409 e. The van der Waals surface area contributed by atoms with Crippen LogP contribution in [0.2, 0.25) is 19.6 Å². The molecule has 4 heteroatoms. The summed E-state index contributed by atoms with van der Waals surface area (Å²) in [7, 11) is -1.53. The molecule has 0 spiro atoms. The monoisotopic (exact) mass is 210 g/mol. The molecule has 0 saturated carbocycles. The summed E-state index contributed by atoms with van der Waals surface area (Å²) < 4.78 is 5.95. The van der Waals surface area contributed by atoms with E-state index < -0.39 is 8.32 Å². The summed E-state index contributed by atoms with van der Waals surface area (Å²) in [6.45, 7) is 6.99. The quantitative estimate of drug-likeness (QED) is 0.773. The van der Waals surface area contributed by atoms with Crippen LogP contribution in [0.4, 0.5) is 0 Å². The highest BCUT2D eigenvalue weighted by atomic mass is 28.4. The first-order valence-electron chi connectivity index (χ1n) is 4.81. The van der Waals surface area contributed by atoms with Crippen molar-refractivity contribution in [1.29, 1.82) is 0 Å². The van der Waals surface area contributed by atoms with Crippen molar-refractivity contribution >= 4 is 8.32 Å². The lowest BCUT2D eigenvalue weighted by atomic mass is 10.2. The average molecular weight is 210 g/mol. The Bertz CT molecular complexity index is 271. The molecule has 1 rings (SSSR count). The molecule has 1 aromatic rings. The lowest BCUT2D eigenvalue weighted by Gasteiger charge is -2.25. The first-order chi connectivity index (χ1) is 6.53. The second-order valence-corrected chi connectivity index (χ2v) is 8.70. The van der Waals surface area contributed by atoms with Crippen molar-refractivity contribution in [2.45, 2.75) is 25.7 Å². The van der Waals surface area contributed by atoms with Crippen LogP contribution in [-0.4, -0.2) is 19.8 Å². The minimum atomic E-state index is -1.53. The van der Waals surface area contributed by atoms with Gasteiger partial charge in [-0.15, -0.1) is 0 Å². The number of aromatic nitrogens is 1. The van der Waals surface area contributed by atoms with E-state index in [1.54, 1.807) is 6.20 Å². The van der Waals surface area contributed by atoms with Crippen molar-refractivity contribution in [2.75, 3.05) is 6.54 Å². The first-order valence-corrected chi connectivity index (χ1v) is 8.21. The number of nitrogens with zero attached hydrogens (tertiary/aromatic N) is 1. The predicted molar refractivity (Wildman–Crippen MR) is 60.5 cm³/mol. The number of rotatable bonds is 4. The van der Waals surface area contributed by atoms with Gasteiger partial charge in [0.1, 0.15) is 0 Å². The third kappa shape index (κ3) is 3.57. The lowest BCUT2D eigenvalue weighted by Crippen LogP contribution is -2.31. The summed E-state index contributed by atoms with van der Waals surface area (Å²) in [5, 5.41) is 0. The summed E-state index contributed by atoms with van der Waals surface area (Å²) >= 11 is 0. The molecule has 1 unspecified atom stereocenters. The van der Waals surface area contributed by atoms with Gasteiger partial charge in [-0.3, -0.25) is 4.98 Å². The van der Waals surface area contributed by atoms with E-state index in [4.69, 9.17) is 10.2 Å². The highest BCUT2D eigenvalue weighted by Crippen LogP contribution is 2.19. The smallest absolute Gasteiger partial charge is 0.184 e. The molecule has 1 heterocycles. The van der Waals surface area contributed by atoms with Crippen LogP contribution in [0.15, 0.2) is 24.5 Å². The van der Waals surface area contributed by atoms with Gasteiger partial charge >= 0.3 is 0 Å². The zero-order valence-electron chi connectivity index (χ0n) is 9.03. The molecule has 0 saturated heterocycles. The molecule has 0 aliphatic rings. The zero-order chi connectivity index (χ0) is 10.6. The molecule has 0 amide bonds. The molecular formula is C10H18N2OSi. The summed E-state index contributed by atoms with van der Waals surface area (Å²) in [5.74, 6) is 0. The predicted octanol–water partition coefficient (Wildman–Crippen LogP) is 1.93. The fraction of sp³-hybridized carbons (Fsp3) is 0.500. The van der Waals surface area contributed by atoms with Gasteiger partial charge in [-0.1, -0.05) is 6.07 Å². The van der Waals surface area contributed by atoms with Crippen LogP contribution in [0.3, 0.4) is 0 Å². The van der Waals surface area contributed by atoms with Crippen molar-refractivity contribution < 1.29 is 4.43 Å². The Balaban J connectivity index is 2.73. The minimum absolute atomic E-state index is 0.00429. The topological polar surface area (TPSA) is 48.1 Å². The SMILES string of the molecule is C[Si](C)(C)OC(CN)c1cccnc1. The average Bonchev–Trinajstić information content (AvgIpc) is 2.14. The zero-order valence-corrected chi connectivity index (χ0v) is 10.0. The molecule has 78 valence electrons. The number of nitrogens with two attached hydrogens (primary N) is 1. The molecule has 1 aromatic heterocycles. The lowest BCUT2D eigenvalue weighted by molar-refractivity contribution is 0.206. The third-order valence-corrected chi connectivity index (χ3v) is 2.76. The van der Waals surface area contributed by atoms with Crippen LogP contribution < -0.4 is 5.73 Å². The van der Waals surface area contributed by atoms with E-state index in [-0.39, 0.29) is 6.10 Å². The fourth-order valence-electron chi connectivity index (χ4n) is 1.25. The van der Waals surface area contributed by atoms with E-state index in [0.29, 0.717) is 6.54 Å². The molecule has 0 fully saturated rings. The Morgan fingerprint density at radius 1 is 1.50 bits per heavy atom. The van der Waals surface area contributed by atoms with Crippen LogP contribution in [0.25, 0.3) is 0 Å². The van der Waals surface area contributed by atoms with Gasteiger partial charge < -0.3 is 10.2 Å². The maximum Gasteiger partial charge on any atom is 0.184 e. The summed E-state index contributed by atoms with van der Waals surface area (Å²) in [6, 6.07) is 3.91. The molecule has 0 aliphatic heterocycles. The highest BCUT2D eigenvalue weighted by molar-refractivity contribution is 6.69. The van der Waals surface area contributed by atoms with Crippen LogP contribution in [0, 0.1) is 0 Å². The van der Waals surface area contributed by atoms with Crippen molar-refractivity contribution in [1.82, 2.24) is 4.98 Å². The minimum Gasteiger partial charge on any atom is -0.409 e. The van der Waals surface area contributed by atoms with Crippen LogP contribution in [0.5, 0.6) is 0 Å². The van der Waals surface area contributed by atoms with Gasteiger partial charge in [0.05, 0.1) is 6.10 Å². The Hall–Kier alpha value is -0.713. The van der Waals surface area contributed by atoms with Crippen molar-refractivity contribution in [3.8, 4) is 0 Å². The Morgan fingerprint density at radius 2 is 2.21 bits per heavy atom. The molecule has 1 atom stereocenters. The molecular weight excluding hydrogens is 192 g/mol. The van der Waals surface area contributed by atoms with Crippen molar-refractivity contribution in [3.63, 3.8) is 0 Å². The first kappa shape index (κ1) is 11.4. The number of hydrogen-bond acceptors (Lipinski definition) is 3. The Morgan fingerprint density at radius 3 is 2.64 bits per heavy atom. The summed E-state index contributed by atoms with van der Waals surface area (Å²) in [4.78, 5) is 4.06. The van der Waals surface area contributed by atoms with Gasteiger partial charge in [0.15, 0.2) is 8.32 Å². The molecule has 2 N–H and O–H groups in total. The molecule has 3 nitrogen and oxygen atoms in total. The maximum atomic E-state index is 5.95. The normalized spacial score (nSPS) is 14.0. The van der Waals surface area contributed by atoms with Gasteiger partial charge in [-0.25, -0.2) is 0 Å². The van der Waals surface area contributed by atoms with Crippen LogP contribution in [0.1, 0.15) is 11.7 Å². The van der Waals surface area contributed by atoms with E-state index in [9.17, 15) is 0 Å². The Labute approximate surface area is 86.4 Å². The van der Waals surface area contributed by atoms with Gasteiger partial charge in [0.2, 0.25) is 0 Å². The van der Waals surface area contributed by atoms with E-state index in [2.05, 4.69) is 24.6 Å². The standard InChI is InChI=1S/C10H18N2OSi/c1-14(2,3)13-10(7-11)9-5-4-6-12-8-9/h4-6,8,10H,7,11H2,1-3H3. The fourth-order valence-corrected chi connectivity index (χ4v) is 2.33. The summed E-state index contributed by atoms with van der Waals surface area (Å²) in [6.07, 6.45) is 3.57. The second-order valence-electron chi connectivity index (χ2n) is 4.24. The second kappa shape index (κ2) is 4.68. The van der Waals surface area contributed by atoms with Gasteiger partial charge in [-0.2, -0.15) is 0 Å². The molecule has 0 bridgehead atoms. The van der Waals surface area contributed by atoms with E-state index in [1.807, 2.05) is 18.3 Å². The van der Waals surface area contributed by atoms with Gasteiger partial charge in [-0.05, 0) is 31.3 Å². The third-order valence-electron chi connectivity index (χ3n) is 1.77. The maximum absolute atomic E-state index is 5.95. The van der Waals surface area contributed by atoms with Crippen LogP contribution in [-0.2, 0) is 4.43 Å². The van der Waals surface area contributed by atoms with E-state index in [0.717, 1.165) is 5.56 Å².